The number of amides is 2. The van der Waals surface area contributed by atoms with E-state index in [-0.39, 0.29) is 0 Å². The number of aliphatic carboxylic acids is 1. The lowest BCUT2D eigenvalue weighted by Gasteiger charge is -2.24. The first kappa shape index (κ1) is 12.4. The summed E-state index contributed by atoms with van der Waals surface area (Å²) in [7, 11) is 0. The number of carboxylic acid groups (broad SMARTS) is 1. The lowest BCUT2D eigenvalue weighted by Crippen LogP contribution is -2.50. The molecule has 0 bridgehead atoms. The Kier molecular flexibility index (Phi) is 3.83. The van der Waals surface area contributed by atoms with Gasteiger partial charge in [-0.1, -0.05) is 0 Å². The predicted molar refractivity (Wildman–Crippen MR) is 54.2 cm³/mol. The van der Waals surface area contributed by atoms with Crippen molar-refractivity contribution in [1.82, 2.24) is 4.90 Å². The maximum Gasteiger partial charge on any atom is 0.305 e. The van der Waals surface area contributed by atoms with Crippen LogP contribution in [0.5, 0.6) is 0 Å². The van der Waals surface area contributed by atoms with Crippen molar-refractivity contribution < 1.29 is 19.5 Å². The van der Waals surface area contributed by atoms with Crippen LogP contribution in [-0.4, -0.2) is 46.4 Å². The third-order valence-corrected chi connectivity index (χ3v) is 2.58. The molecule has 2 amide bonds. The molecule has 0 saturated carbocycles. The van der Waals surface area contributed by atoms with E-state index >= 15 is 0 Å². The van der Waals surface area contributed by atoms with E-state index in [1.807, 2.05) is 0 Å². The first-order valence-electron chi connectivity index (χ1n) is 5.00. The molecule has 2 unspecified atom stereocenters. The molecule has 0 aromatic heterocycles. The van der Waals surface area contributed by atoms with Crippen molar-refractivity contribution in [2.24, 2.45) is 11.5 Å². The number of primary amides is 1. The molecule has 1 saturated heterocycles. The first-order chi connectivity index (χ1) is 7.43. The summed E-state index contributed by atoms with van der Waals surface area (Å²) in [6.45, 7) is 0.403. The molecule has 0 aromatic carbocycles. The van der Waals surface area contributed by atoms with Gasteiger partial charge in [0.2, 0.25) is 11.8 Å². The van der Waals surface area contributed by atoms with Gasteiger partial charge in [0.1, 0.15) is 6.04 Å². The van der Waals surface area contributed by atoms with Gasteiger partial charge in [-0.05, 0) is 12.8 Å². The summed E-state index contributed by atoms with van der Waals surface area (Å²) in [5.74, 6) is -2.24. The monoisotopic (exact) mass is 229 g/mol. The van der Waals surface area contributed by atoms with Crippen LogP contribution in [0, 0.1) is 0 Å². The lowest BCUT2D eigenvalue weighted by atomic mass is 10.1. The van der Waals surface area contributed by atoms with Crippen LogP contribution in [-0.2, 0) is 14.4 Å². The third-order valence-electron chi connectivity index (χ3n) is 2.58. The Hall–Kier alpha value is -1.63. The number of likely N-dealkylation sites (tertiary alicyclic amines) is 1. The summed E-state index contributed by atoms with van der Waals surface area (Å²) in [4.78, 5) is 34.4. The highest BCUT2D eigenvalue weighted by Gasteiger charge is 2.35. The lowest BCUT2D eigenvalue weighted by molar-refractivity contribution is -0.143. The number of nitrogens with two attached hydrogens (primary N) is 2. The molecule has 2 atom stereocenters. The number of hydrogen-bond acceptors (Lipinski definition) is 4. The standard InChI is InChI=1S/C9H15N3O4/c10-5(4-7(13)14)9(16)12-3-1-2-6(12)8(11)15/h5-6H,1-4,10H2,(H2,11,15)(H,13,14). The van der Waals surface area contributed by atoms with E-state index in [0.717, 1.165) is 0 Å². The largest absolute Gasteiger partial charge is 0.481 e. The Morgan fingerprint density at radius 1 is 1.44 bits per heavy atom. The summed E-state index contributed by atoms with van der Waals surface area (Å²) in [5.41, 5.74) is 10.6. The second kappa shape index (κ2) is 4.93. The number of rotatable bonds is 4. The van der Waals surface area contributed by atoms with Crippen LogP contribution < -0.4 is 11.5 Å². The Balaban J connectivity index is 2.65. The minimum absolute atomic E-state index is 0.403. The predicted octanol–water partition coefficient (Wildman–Crippen LogP) is -1.74. The van der Waals surface area contributed by atoms with E-state index in [9.17, 15) is 14.4 Å². The molecule has 0 radical (unpaired) electrons. The second-order valence-electron chi connectivity index (χ2n) is 3.80. The number of nitrogens with zero attached hydrogens (tertiary/aromatic N) is 1. The highest BCUT2D eigenvalue weighted by Crippen LogP contribution is 2.18. The molecular formula is C9H15N3O4. The first-order valence-corrected chi connectivity index (χ1v) is 5.00. The van der Waals surface area contributed by atoms with Gasteiger partial charge in [0.05, 0.1) is 12.5 Å². The van der Waals surface area contributed by atoms with E-state index in [2.05, 4.69) is 0 Å². The fourth-order valence-corrected chi connectivity index (χ4v) is 1.81. The third kappa shape index (κ3) is 2.69. The average Bonchev–Trinajstić information content (AvgIpc) is 2.63. The van der Waals surface area contributed by atoms with Crippen LogP contribution in [0.4, 0.5) is 0 Å². The molecule has 1 aliphatic heterocycles. The molecule has 0 aliphatic carbocycles. The zero-order chi connectivity index (χ0) is 12.3. The van der Waals surface area contributed by atoms with Crippen LogP contribution in [0.25, 0.3) is 0 Å². The van der Waals surface area contributed by atoms with Crippen LogP contribution in [0.3, 0.4) is 0 Å². The van der Waals surface area contributed by atoms with E-state index in [4.69, 9.17) is 16.6 Å². The molecule has 5 N–H and O–H groups in total. The van der Waals surface area contributed by atoms with Gasteiger partial charge in [-0.3, -0.25) is 14.4 Å². The fraction of sp³-hybridized carbons (Fsp3) is 0.667. The highest BCUT2D eigenvalue weighted by atomic mass is 16.4. The van der Waals surface area contributed by atoms with Crippen LogP contribution in [0.1, 0.15) is 19.3 Å². The van der Waals surface area contributed by atoms with Crippen molar-refractivity contribution in [3.8, 4) is 0 Å². The van der Waals surface area contributed by atoms with Gasteiger partial charge in [-0.2, -0.15) is 0 Å². The van der Waals surface area contributed by atoms with Gasteiger partial charge in [0.25, 0.3) is 0 Å². The van der Waals surface area contributed by atoms with Gasteiger partial charge in [-0.15, -0.1) is 0 Å². The van der Waals surface area contributed by atoms with Gasteiger partial charge in [0.15, 0.2) is 0 Å². The Morgan fingerprint density at radius 2 is 2.06 bits per heavy atom. The van der Waals surface area contributed by atoms with Crippen LogP contribution >= 0.6 is 0 Å². The van der Waals surface area contributed by atoms with Gasteiger partial charge in [-0.25, -0.2) is 0 Å². The van der Waals surface area contributed by atoms with Gasteiger partial charge in [0, 0.05) is 6.54 Å². The maximum absolute atomic E-state index is 11.7. The number of carboxylic acids is 1. The van der Waals surface area contributed by atoms with Crippen molar-refractivity contribution in [3.63, 3.8) is 0 Å². The molecule has 1 fully saturated rings. The highest BCUT2D eigenvalue weighted by molar-refractivity contribution is 5.91. The summed E-state index contributed by atoms with van der Waals surface area (Å²) in [6.07, 6.45) is 0.751. The van der Waals surface area contributed by atoms with E-state index in [1.54, 1.807) is 0 Å². The smallest absolute Gasteiger partial charge is 0.305 e. The Bertz CT molecular complexity index is 318. The van der Waals surface area contributed by atoms with Crippen LogP contribution in [0.15, 0.2) is 0 Å². The quantitative estimate of drug-likeness (QED) is 0.527. The molecule has 7 nitrogen and oxygen atoms in total. The molecule has 0 aromatic rings. The molecule has 1 heterocycles. The number of carbonyl (C=O) groups is 3. The molecule has 1 aliphatic rings. The van der Waals surface area contributed by atoms with Crippen molar-refractivity contribution in [3.05, 3.63) is 0 Å². The van der Waals surface area contributed by atoms with Crippen LogP contribution in [0.2, 0.25) is 0 Å². The van der Waals surface area contributed by atoms with E-state index in [0.29, 0.717) is 19.4 Å². The summed E-state index contributed by atoms with van der Waals surface area (Å²) in [6, 6.07) is -1.76. The Labute approximate surface area is 92.4 Å². The van der Waals surface area contributed by atoms with Crippen molar-refractivity contribution >= 4 is 17.8 Å². The zero-order valence-electron chi connectivity index (χ0n) is 8.76. The molecule has 16 heavy (non-hydrogen) atoms. The Morgan fingerprint density at radius 3 is 2.56 bits per heavy atom. The minimum atomic E-state index is -1.14. The van der Waals surface area contributed by atoms with Crippen molar-refractivity contribution in [1.29, 1.82) is 0 Å². The van der Waals surface area contributed by atoms with Crippen molar-refractivity contribution in [2.45, 2.75) is 31.3 Å². The molecule has 1 rings (SSSR count). The molecule has 7 heteroatoms. The van der Waals surface area contributed by atoms with E-state index < -0.39 is 36.3 Å². The maximum atomic E-state index is 11.7. The van der Waals surface area contributed by atoms with E-state index in [1.165, 1.54) is 4.90 Å². The van der Waals surface area contributed by atoms with Crippen molar-refractivity contribution in [2.75, 3.05) is 6.54 Å². The molecule has 0 spiro atoms. The second-order valence-corrected chi connectivity index (χ2v) is 3.80. The summed E-state index contributed by atoms with van der Waals surface area (Å²) in [5, 5.41) is 8.51. The molecular weight excluding hydrogens is 214 g/mol. The molecule has 90 valence electrons. The zero-order valence-corrected chi connectivity index (χ0v) is 8.76. The SMILES string of the molecule is NC(=O)C1CCCN1C(=O)C(N)CC(=O)O. The van der Waals surface area contributed by atoms with Gasteiger partial charge < -0.3 is 21.5 Å². The summed E-state index contributed by atoms with van der Waals surface area (Å²) < 4.78 is 0. The van der Waals surface area contributed by atoms with Gasteiger partial charge >= 0.3 is 5.97 Å². The normalized spacial score (nSPS) is 21.8. The minimum Gasteiger partial charge on any atom is -0.481 e. The average molecular weight is 229 g/mol. The fourth-order valence-electron chi connectivity index (χ4n) is 1.81. The number of carbonyl (C=O) groups excluding carboxylic acids is 2. The summed E-state index contributed by atoms with van der Waals surface area (Å²) >= 11 is 0. The topological polar surface area (TPSA) is 127 Å². The number of hydrogen-bond donors (Lipinski definition) is 3.